The van der Waals surface area contributed by atoms with E-state index >= 15 is 0 Å². The highest BCUT2D eigenvalue weighted by Crippen LogP contribution is 2.21. The van der Waals surface area contributed by atoms with Crippen LogP contribution in [0.5, 0.6) is 0 Å². The molecule has 3 rings (SSSR count). The summed E-state index contributed by atoms with van der Waals surface area (Å²) >= 11 is 0. The first kappa shape index (κ1) is 21.0. The van der Waals surface area contributed by atoms with Crippen LogP contribution in [-0.2, 0) is 13.1 Å². The van der Waals surface area contributed by atoms with Gasteiger partial charge < -0.3 is 5.32 Å². The van der Waals surface area contributed by atoms with Crippen molar-refractivity contribution in [3.05, 3.63) is 88.0 Å². The SMILES string of the molecule is Cc1cc(C)c(NCCN(Cc2cccc(C)n2)Cc2cccc(C)n2)c(C)c1. The third-order valence-corrected chi connectivity index (χ3v) is 5.07. The van der Waals surface area contributed by atoms with E-state index in [0.717, 1.165) is 49.0 Å². The molecule has 0 bridgehead atoms. The van der Waals surface area contributed by atoms with Crippen molar-refractivity contribution in [3.8, 4) is 0 Å². The van der Waals surface area contributed by atoms with Crippen molar-refractivity contribution in [2.75, 3.05) is 18.4 Å². The summed E-state index contributed by atoms with van der Waals surface area (Å²) in [6, 6.07) is 16.9. The lowest BCUT2D eigenvalue weighted by atomic mass is 10.1. The number of hydrogen-bond acceptors (Lipinski definition) is 4. The first-order valence-electron chi connectivity index (χ1n) is 10.3. The van der Waals surface area contributed by atoms with E-state index in [1.165, 1.54) is 22.4 Å². The molecule has 0 saturated heterocycles. The van der Waals surface area contributed by atoms with Gasteiger partial charge in [0.1, 0.15) is 0 Å². The van der Waals surface area contributed by atoms with E-state index in [2.05, 4.69) is 67.4 Å². The monoisotopic (exact) mass is 388 g/mol. The molecule has 0 aliphatic carbocycles. The molecule has 0 unspecified atom stereocenters. The fourth-order valence-electron chi connectivity index (χ4n) is 3.85. The van der Waals surface area contributed by atoms with Crippen LogP contribution in [0, 0.1) is 34.6 Å². The lowest BCUT2D eigenvalue weighted by Gasteiger charge is -2.23. The van der Waals surface area contributed by atoms with Gasteiger partial charge in [0.05, 0.1) is 11.4 Å². The number of hydrogen-bond donors (Lipinski definition) is 1. The van der Waals surface area contributed by atoms with Crippen molar-refractivity contribution >= 4 is 5.69 Å². The van der Waals surface area contributed by atoms with Crippen molar-refractivity contribution in [2.45, 2.75) is 47.7 Å². The van der Waals surface area contributed by atoms with Crippen LogP contribution in [0.1, 0.15) is 39.5 Å². The van der Waals surface area contributed by atoms with Gasteiger partial charge in [-0.2, -0.15) is 0 Å². The molecule has 0 spiro atoms. The minimum Gasteiger partial charge on any atom is -0.383 e. The van der Waals surface area contributed by atoms with E-state index in [9.17, 15) is 0 Å². The van der Waals surface area contributed by atoms with Crippen LogP contribution in [0.15, 0.2) is 48.5 Å². The molecular weight excluding hydrogens is 356 g/mol. The standard InChI is InChI=1S/C25H32N4/c1-18-14-19(2)25(20(3)15-18)26-12-13-29(16-23-10-6-8-21(4)27-23)17-24-11-7-9-22(5)28-24/h6-11,14-15,26H,12-13,16-17H2,1-5H3. The number of pyridine rings is 2. The highest BCUT2D eigenvalue weighted by Gasteiger charge is 2.11. The summed E-state index contributed by atoms with van der Waals surface area (Å²) in [7, 11) is 0. The second-order valence-electron chi connectivity index (χ2n) is 7.95. The number of rotatable bonds is 8. The van der Waals surface area contributed by atoms with Gasteiger partial charge in [0.2, 0.25) is 0 Å². The van der Waals surface area contributed by atoms with E-state index in [4.69, 9.17) is 9.97 Å². The first-order valence-corrected chi connectivity index (χ1v) is 10.3. The second kappa shape index (κ2) is 9.66. The van der Waals surface area contributed by atoms with E-state index < -0.39 is 0 Å². The summed E-state index contributed by atoms with van der Waals surface area (Å²) in [4.78, 5) is 11.8. The van der Waals surface area contributed by atoms with Crippen LogP contribution in [0.4, 0.5) is 5.69 Å². The molecule has 3 aromatic rings. The van der Waals surface area contributed by atoms with Crippen molar-refractivity contribution in [1.82, 2.24) is 14.9 Å². The van der Waals surface area contributed by atoms with E-state index in [1.807, 2.05) is 26.0 Å². The highest BCUT2D eigenvalue weighted by molar-refractivity contribution is 5.58. The third kappa shape index (κ3) is 6.13. The quantitative estimate of drug-likeness (QED) is 0.581. The summed E-state index contributed by atoms with van der Waals surface area (Å²) in [6.45, 7) is 14.0. The largest absolute Gasteiger partial charge is 0.383 e. The Balaban J connectivity index is 1.70. The normalized spacial score (nSPS) is 11.1. The van der Waals surface area contributed by atoms with Crippen molar-refractivity contribution in [1.29, 1.82) is 0 Å². The molecule has 29 heavy (non-hydrogen) atoms. The molecule has 4 heteroatoms. The Hall–Kier alpha value is -2.72. The van der Waals surface area contributed by atoms with Gasteiger partial charge >= 0.3 is 0 Å². The molecule has 0 atom stereocenters. The lowest BCUT2D eigenvalue weighted by molar-refractivity contribution is 0.260. The van der Waals surface area contributed by atoms with E-state index in [-0.39, 0.29) is 0 Å². The van der Waals surface area contributed by atoms with Gasteiger partial charge in [-0.3, -0.25) is 14.9 Å². The summed E-state index contributed by atoms with van der Waals surface area (Å²) in [5, 5.41) is 3.65. The average molecular weight is 389 g/mol. The molecule has 1 aromatic carbocycles. The smallest absolute Gasteiger partial charge is 0.0547 e. The Labute approximate surface area is 175 Å². The first-order chi connectivity index (χ1) is 13.9. The Morgan fingerprint density at radius 1 is 0.759 bits per heavy atom. The Kier molecular flexibility index (Phi) is 6.99. The van der Waals surface area contributed by atoms with Gasteiger partial charge in [0.25, 0.3) is 0 Å². The van der Waals surface area contributed by atoms with Gasteiger partial charge in [0.15, 0.2) is 0 Å². The molecule has 0 aliphatic rings. The van der Waals surface area contributed by atoms with Crippen molar-refractivity contribution in [3.63, 3.8) is 0 Å². The number of aryl methyl sites for hydroxylation is 5. The van der Waals surface area contributed by atoms with E-state index in [1.54, 1.807) is 0 Å². The average Bonchev–Trinajstić information content (AvgIpc) is 2.64. The maximum Gasteiger partial charge on any atom is 0.0547 e. The Morgan fingerprint density at radius 3 is 1.76 bits per heavy atom. The van der Waals surface area contributed by atoms with Gasteiger partial charge in [-0.15, -0.1) is 0 Å². The van der Waals surface area contributed by atoms with Gasteiger partial charge in [-0.25, -0.2) is 0 Å². The molecule has 0 amide bonds. The molecule has 2 heterocycles. The molecule has 0 fully saturated rings. The van der Waals surface area contributed by atoms with Gasteiger partial charge in [-0.05, 0) is 70.0 Å². The minimum atomic E-state index is 0.810. The Morgan fingerprint density at radius 2 is 1.28 bits per heavy atom. The predicted molar refractivity (Wildman–Crippen MR) is 121 cm³/mol. The molecule has 2 aromatic heterocycles. The van der Waals surface area contributed by atoms with Crippen molar-refractivity contribution < 1.29 is 0 Å². The molecule has 0 aliphatic heterocycles. The molecule has 152 valence electrons. The topological polar surface area (TPSA) is 41.0 Å². The zero-order valence-corrected chi connectivity index (χ0v) is 18.3. The number of nitrogens with zero attached hydrogens (tertiary/aromatic N) is 3. The van der Waals surface area contributed by atoms with Gasteiger partial charge in [0, 0.05) is 43.3 Å². The van der Waals surface area contributed by atoms with Crippen LogP contribution in [0.2, 0.25) is 0 Å². The summed E-state index contributed by atoms with van der Waals surface area (Å²) < 4.78 is 0. The van der Waals surface area contributed by atoms with Crippen molar-refractivity contribution in [2.24, 2.45) is 0 Å². The number of benzene rings is 1. The predicted octanol–water partition coefficient (Wildman–Crippen LogP) is 5.13. The maximum absolute atomic E-state index is 4.69. The van der Waals surface area contributed by atoms with Crippen LogP contribution < -0.4 is 5.32 Å². The summed E-state index contributed by atoms with van der Waals surface area (Å²) in [5.41, 5.74) is 9.46. The fourth-order valence-corrected chi connectivity index (χ4v) is 3.85. The van der Waals surface area contributed by atoms with E-state index in [0.29, 0.717) is 0 Å². The van der Waals surface area contributed by atoms with Crippen LogP contribution in [-0.4, -0.2) is 28.0 Å². The fraction of sp³-hybridized carbons (Fsp3) is 0.360. The van der Waals surface area contributed by atoms with Crippen LogP contribution in [0.25, 0.3) is 0 Å². The molecule has 0 saturated carbocycles. The maximum atomic E-state index is 4.69. The minimum absolute atomic E-state index is 0.810. The number of aromatic nitrogens is 2. The van der Waals surface area contributed by atoms with Crippen LogP contribution >= 0.6 is 0 Å². The summed E-state index contributed by atoms with van der Waals surface area (Å²) in [5.74, 6) is 0. The zero-order chi connectivity index (χ0) is 20.8. The number of nitrogens with one attached hydrogen (secondary N) is 1. The number of anilines is 1. The highest BCUT2D eigenvalue weighted by atomic mass is 15.2. The third-order valence-electron chi connectivity index (χ3n) is 5.07. The summed E-state index contributed by atoms with van der Waals surface area (Å²) in [6.07, 6.45) is 0. The second-order valence-corrected chi connectivity index (χ2v) is 7.95. The van der Waals surface area contributed by atoms with Gasteiger partial charge in [-0.1, -0.05) is 29.8 Å². The zero-order valence-electron chi connectivity index (χ0n) is 18.3. The molecular formula is C25H32N4. The Bertz CT molecular complexity index is 894. The molecule has 0 radical (unpaired) electrons. The molecule has 4 nitrogen and oxygen atoms in total. The van der Waals surface area contributed by atoms with Crippen LogP contribution in [0.3, 0.4) is 0 Å². The lowest BCUT2D eigenvalue weighted by Crippen LogP contribution is -2.29. The molecule has 1 N–H and O–H groups in total.